The number of halogens is 3. The summed E-state index contributed by atoms with van der Waals surface area (Å²) in [7, 11) is 0. The van der Waals surface area contributed by atoms with Gasteiger partial charge in [-0.05, 0) is 31.6 Å². The van der Waals surface area contributed by atoms with Gasteiger partial charge in [-0.15, -0.1) is 0 Å². The number of alkyl halides is 3. The second-order valence-corrected chi connectivity index (χ2v) is 6.70. The summed E-state index contributed by atoms with van der Waals surface area (Å²) in [6, 6.07) is 0. The summed E-state index contributed by atoms with van der Waals surface area (Å²) < 4.78 is 40.2. The highest BCUT2D eigenvalue weighted by atomic mass is 32.2. The molecule has 0 aromatic rings. The number of thioether (sulfide) groups is 1. The predicted octanol–water partition coefficient (Wildman–Crippen LogP) is 3.21. The molecule has 0 atom stereocenters. The number of rotatable bonds is 4. The van der Waals surface area contributed by atoms with Gasteiger partial charge in [0.05, 0.1) is 13.2 Å². The van der Waals surface area contributed by atoms with Crippen LogP contribution in [-0.2, 0) is 4.74 Å². The van der Waals surface area contributed by atoms with Crippen LogP contribution in [0.1, 0.15) is 32.6 Å². The molecule has 3 nitrogen and oxygen atoms in total. The van der Waals surface area contributed by atoms with Gasteiger partial charge in [-0.2, -0.15) is 13.2 Å². The number of nitrogens with one attached hydrogen (secondary N) is 1. The van der Waals surface area contributed by atoms with E-state index in [9.17, 15) is 13.2 Å². The lowest BCUT2D eigenvalue weighted by Gasteiger charge is -2.35. The van der Waals surface area contributed by atoms with Crippen LogP contribution in [0.4, 0.5) is 13.2 Å². The Morgan fingerprint density at radius 2 is 2.10 bits per heavy atom. The minimum absolute atomic E-state index is 0.00921. The highest BCUT2D eigenvalue weighted by Gasteiger charge is 2.39. The molecular weight excluding hydrogens is 289 g/mol. The topological polar surface area (TPSA) is 33.6 Å². The van der Waals surface area contributed by atoms with E-state index in [0.29, 0.717) is 0 Å². The highest BCUT2D eigenvalue weighted by Crippen LogP contribution is 2.38. The maximum Gasteiger partial charge on any atom is 0.411 e. The van der Waals surface area contributed by atoms with Crippen LogP contribution in [0.5, 0.6) is 0 Å². The van der Waals surface area contributed by atoms with Crippen molar-refractivity contribution in [2.24, 2.45) is 10.9 Å². The van der Waals surface area contributed by atoms with Crippen LogP contribution in [0.25, 0.3) is 0 Å². The van der Waals surface area contributed by atoms with E-state index in [1.807, 2.05) is 0 Å². The van der Waals surface area contributed by atoms with Crippen molar-refractivity contribution in [1.82, 2.24) is 5.32 Å². The van der Waals surface area contributed by atoms with Crippen LogP contribution in [0.3, 0.4) is 0 Å². The minimum atomic E-state index is -4.25. The van der Waals surface area contributed by atoms with Gasteiger partial charge in [0, 0.05) is 11.3 Å². The van der Waals surface area contributed by atoms with Crippen LogP contribution < -0.4 is 5.32 Å². The molecule has 7 heteroatoms. The first-order valence-electron chi connectivity index (χ1n) is 6.98. The van der Waals surface area contributed by atoms with Crippen LogP contribution in [0.2, 0.25) is 0 Å². The molecular formula is C13H21F3N2OS. The summed E-state index contributed by atoms with van der Waals surface area (Å²) in [5, 5.41) is 4.33. The first-order valence-corrected chi connectivity index (χ1v) is 7.97. The van der Waals surface area contributed by atoms with E-state index in [1.54, 1.807) is 11.8 Å². The van der Waals surface area contributed by atoms with Crippen molar-refractivity contribution in [1.29, 1.82) is 0 Å². The Morgan fingerprint density at radius 1 is 1.40 bits per heavy atom. The van der Waals surface area contributed by atoms with E-state index in [-0.39, 0.29) is 18.7 Å². The molecule has 0 aromatic heterocycles. The molecule has 0 amide bonds. The lowest BCUT2D eigenvalue weighted by Crippen LogP contribution is -2.46. The van der Waals surface area contributed by atoms with E-state index >= 15 is 0 Å². The van der Waals surface area contributed by atoms with Gasteiger partial charge >= 0.3 is 6.18 Å². The van der Waals surface area contributed by atoms with Gasteiger partial charge in [0.25, 0.3) is 0 Å². The summed E-state index contributed by atoms with van der Waals surface area (Å²) in [4.78, 5) is 4.29. The SMILES string of the molecule is CC1CCC2(CC1)CSC(=NCCOCC(F)(F)F)N2. The van der Waals surface area contributed by atoms with Gasteiger partial charge in [0.1, 0.15) is 6.61 Å². The number of nitrogens with zero attached hydrogens (tertiary/aromatic N) is 1. The fraction of sp³-hybridized carbons (Fsp3) is 0.923. The average molecular weight is 310 g/mol. The molecule has 0 bridgehead atoms. The number of aliphatic imine (C=N–C) groups is 1. The Bertz CT molecular complexity index is 352. The fourth-order valence-electron chi connectivity index (χ4n) is 2.57. The quantitative estimate of drug-likeness (QED) is 0.810. The molecule has 1 aliphatic carbocycles. The molecule has 1 saturated carbocycles. The van der Waals surface area contributed by atoms with E-state index in [4.69, 9.17) is 0 Å². The fourth-order valence-corrected chi connectivity index (χ4v) is 3.82. The third-order valence-corrected chi connectivity index (χ3v) is 5.05. The minimum Gasteiger partial charge on any atom is -0.370 e. The number of amidine groups is 1. The zero-order valence-electron chi connectivity index (χ0n) is 11.6. The largest absolute Gasteiger partial charge is 0.411 e. The number of ether oxygens (including phenoxy) is 1. The summed E-state index contributed by atoms with van der Waals surface area (Å²) in [5.74, 6) is 1.81. The van der Waals surface area contributed by atoms with E-state index < -0.39 is 12.8 Å². The predicted molar refractivity (Wildman–Crippen MR) is 75.1 cm³/mol. The van der Waals surface area contributed by atoms with Crippen molar-refractivity contribution in [3.63, 3.8) is 0 Å². The zero-order chi connectivity index (χ0) is 14.6. The molecule has 1 heterocycles. The maximum absolute atomic E-state index is 11.9. The summed E-state index contributed by atoms with van der Waals surface area (Å²) in [5.41, 5.74) is 0.169. The second kappa shape index (κ2) is 6.56. The van der Waals surface area contributed by atoms with E-state index in [2.05, 4.69) is 22.0 Å². The molecule has 0 aromatic carbocycles. The maximum atomic E-state index is 11.9. The number of hydrogen-bond acceptors (Lipinski definition) is 3. The molecule has 2 rings (SSSR count). The Morgan fingerprint density at radius 3 is 2.75 bits per heavy atom. The normalized spacial score (nSPS) is 32.8. The van der Waals surface area contributed by atoms with Crippen molar-refractivity contribution >= 4 is 16.9 Å². The Hall–Kier alpha value is -0.430. The Kier molecular flexibility index (Phi) is 5.23. The average Bonchev–Trinajstić information content (AvgIpc) is 2.75. The Balaban J connectivity index is 1.69. The number of hydrogen-bond donors (Lipinski definition) is 1. The highest BCUT2D eigenvalue weighted by molar-refractivity contribution is 8.14. The van der Waals surface area contributed by atoms with E-state index in [1.165, 1.54) is 12.8 Å². The van der Waals surface area contributed by atoms with Gasteiger partial charge in [-0.1, -0.05) is 18.7 Å². The van der Waals surface area contributed by atoms with Crippen molar-refractivity contribution in [3.8, 4) is 0 Å². The van der Waals surface area contributed by atoms with Gasteiger partial charge in [-0.25, -0.2) is 0 Å². The third kappa shape index (κ3) is 4.84. The van der Waals surface area contributed by atoms with Gasteiger partial charge < -0.3 is 10.1 Å². The van der Waals surface area contributed by atoms with Gasteiger partial charge in [0.15, 0.2) is 5.17 Å². The molecule has 20 heavy (non-hydrogen) atoms. The monoisotopic (exact) mass is 310 g/mol. The van der Waals surface area contributed by atoms with Crippen LogP contribution >= 0.6 is 11.8 Å². The second-order valence-electron chi connectivity index (χ2n) is 5.73. The van der Waals surface area contributed by atoms with Crippen molar-refractivity contribution < 1.29 is 17.9 Å². The van der Waals surface area contributed by atoms with E-state index in [0.717, 1.165) is 29.7 Å². The first kappa shape index (κ1) is 15.9. The first-order chi connectivity index (χ1) is 9.39. The molecule has 1 N–H and O–H groups in total. The van der Waals surface area contributed by atoms with Crippen LogP contribution in [0, 0.1) is 5.92 Å². The Labute approximate surface area is 121 Å². The van der Waals surface area contributed by atoms with Crippen molar-refractivity contribution in [2.45, 2.75) is 44.3 Å². The molecule has 0 radical (unpaired) electrons. The van der Waals surface area contributed by atoms with Crippen LogP contribution in [0.15, 0.2) is 4.99 Å². The molecule has 1 aliphatic heterocycles. The molecule has 1 saturated heterocycles. The van der Waals surface area contributed by atoms with Crippen molar-refractivity contribution in [2.75, 3.05) is 25.5 Å². The molecule has 1 spiro atoms. The van der Waals surface area contributed by atoms with Crippen molar-refractivity contribution in [3.05, 3.63) is 0 Å². The summed E-state index contributed by atoms with van der Waals surface area (Å²) in [6.07, 6.45) is 0.525. The zero-order valence-corrected chi connectivity index (χ0v) is 12.4. The van der Waals surface area contributed by atoms with Gasteiger partial charge in [0.2, 0.25) is 0 Å². The lowest BCUT2D eigenvalue weighted by atomic mass is 9.78. The molecule has 2 fully saturated rings. The molecule has 116 valence electrons. The molecule has 0 unspecified atom stereocenters. The smallest absolute Gasteiger partial charge is 0.370 e. The standard InChI is InChI=1S/C13H21F3N2OS/c1-10-2-4-12(5-3-10)9-20-11(18-12)17-6-7-19-8-13(14,15)16/h10H,2-9H2,1H3,(H,17,18). The lowest BCUT2D eigenvalue weighted by molar-refractivity contribution is -0.173. The molecule has 2 aliphatic rings. The third-order valence-electron chi connectivity index (χ3n) is 3.85. The van der Waals surface area contributed by atoms with Crippen LogP contribution in [-0.4, -0.2) is 42.4 Å². The summed E-state index contributed by atoms with van der Waals surface area (Å²) in [6.45, 7) is 1.37. The summed E-state index contributed by atoms with van der Waals surface area (Å²) >= 11 is 1.67. The van der Waals surface area contributed by atoms with Gasteiger partial charge in [-0.3, -0.25) is 4.99 Å².